The van der Waals surface area contributed by atoms with Crippen molar-refractivity contribution in [2.75, 3.05) is 37.9 Å². The Bertz CT molecular complexity index is 331. The fourth-order valence-electron chi connectivity index (χ4n) is 2.07. The van der Waals surface area contributed by atoms with Gasteiger partial charge in [-0.15, -0.1) is 0 Å². The molecule has 0 aromatic heterocycles. The molecule has 0 rings (SSSR count). The second-order valence-electron chi connectivity index (χ2n) is 7.16. The summed E-state index contributed by atoms with van der Waals surface area (Å²) in [6, 6.07) is 0. The third-order valence-corrected chi connectivity index (χ3v) is 8.07. The first-order chi connectivity index (χ1) is 13.2. The molecule has 0 aliphatic rings. The molecule has 8 heteroatoms. The van der Waals surface area contributed by atoms with Crippen LogP contribution in [-0.2, 0) is 9.13 Å². The van der Waals surface area contributed by atoms with Crippen LogP contribution in [0.3, 0.4) is 0 Å². The van der Waals surface area contributed by atoms with Crippen LogP contribution in [0.15, 0.2) is 0 Å². The zero-order valence-corrected chi connectivity index (χ0v) is 20.6. The van der Waals surface area contributed by atoms with Gasteiger partial charge in [0.25, 0.3) is 0 Å². The largest absolute Gasteiger partial charge is 0.396 e. The van der Waals surface area contributed by atoms with E-state index < -0.39 is 14.7 Å². The van der Waals surface area contributed by atoms with Gasteiger partial charge in [0.2, 0.25) is 14.7 Å². The molecule has 0 aromatic rings. The third-order valence-electron chi connectivity index (χ3n) is 4.01. The van der Waals surface area contributed by atoms with E-state index in [2.05, 4.69) is 0 Å². The summed E-state index contributed by atoms with van der Waals surface area (Å²) in [6.45, 7) is 8.56. The van der Waals surface area contributed by atoms with E-state index in [1.54, 1.807) is 0 Å². The fourth-order valence-corrected chi connectivity index (χ4v) is 5.76. The number of unbranched alkanes of at least 4 members (excludes halogenated alkanes) is 5. The maximum Gasteiger partial charge on any atom is 0.200 e. The molecule has 174 valence electrons. The van der Waals surface area contributed by atoms with Gasteiger partial charge in [0.15, 0.2) is 0 Å². The van der Waals surface area contributed by atoms with Crippen molar-refractivity contribution >= 4 is 14.7 Å². The van der Waals surface area contributed by atoms with E-state index in [1.165, 1.54) is 0 Å². The Labute approximate surface area is 174 Å². The number of rotatable bonds is 15. The van der Waals surface area contributed by atoms with Crippen molar-refractivity contribution in [2.45, 2.75) is 91.9 Å². The summed E-state index contributed by atoms with van der Waals surface area (Å²) < 4.78 is 22.6. The van der Waals surface area contributed by atoms with Crippen molar-refractivity contribution in [2.24, 2.45) is 0 Å². The zero-order chi connectivity index (χ0) is 22.3. The molecule has 0 bridgehead atoms. The van der Waals surface area contributed by atoms with Crippen LogP contribution < -0.4 is 0 Å². The molecule has 0 heterocycles. The molecule has 4 N–H and O–H groups in total. The molecule has 0 amide bonds. The molecule has 0 fully saturated rings. The summed E-state index contributed by atoms with van der Waals surface area (Å²) in [5.41, 5.74) is 0. The maximum absolute atomic E-state index is 11.3. The van der Waals surface area contributed by atoms with E-state index in [1.807, 2.05) is 27.7 Å². The highest BCUT2D eigenvalue weighted by molar-refractivity contribution is 7.58. The van der Waals surface area contributed by atoms with Gasteiger partial charge < -0.3 is 20.0 Å². The highest BCUT2D eigenvalue weighted by atomic mass is 31.2. The fraction of sp³-hybridized carbons (Fsp3) is 1.00. The van der Waals surface area contributed by atoms with E-state index in [4.69, 9.17) is 10.2 Å². The molecule has 0 saturated carbocycles. The monoisotopic (exact) mass is 446 g/mol. The molecule has 0 aliphatic heterocycles. The number of hydrogen-bond acceptors (Lipinski definition) is 4. The Kier molecular flexibility index (Phi) is 27.7. The standard InChI is InChI=1S/2C8H19O2P.C4H10O2/c2*1-3-5-7-11(9,10)8-6-4-2;5-3-1-2-4-6/h2*3-8H2,1-2H3,(H,9,10);5-6H,1-4H2. The highest BCUT2D eigenvalue weighted by Gasteiger charge is 2.16. The van der Waals surface area contributed by atoms with Crippen LogP contribution in [-0.4, -0.2) is 57.9 Å². The molecular weight excluding hydrogens is 398 g/mol. The number of aliphatic hydroxyl groups is 2. The minimum atomic E-state index is -2.73. The maximum atomic E-state index is 11.3. The minimum Gasteiger partial charge on any atom is -0.396 e. The van der Waals surface area contributed by atoms with Gasteiger partial charge in [-0.2, -0.15) is 0 Å². The van der Waals surface area contributed by atoms with Crippen LogP contribution in [0.5, 0.6) is 0 Å². The molecule has 6 nitrogen and oxygen atoms in total. The number of hydrogen-bond donors (Lipinski definition) is 4. The SMILES string of the molecule is CCCCP(=O)(O)CCCC.CCCCP(=O)(O)CCCC.OCCCCO. The van der Waals surface area contributed by atoms with Crippen molar-refractivity contribution in [1.29, 1.82) is 0 Å². The van der Waals surface area contributed by atoms with Crippen molar-refractivity contribution in [1.82, 2.24) is 0 Å². The Morgan fingerprint density at radius 3 is 0.857 bits per heavy atom. The van der Waals surface area contributed by atoms with E-state index in [9.17, 15) is 18.9 Å². The van der Waals surface area contributed by atoms with Crippen LogP contribution >= 0.6 is 14.7 Å². The predicted octanol–water partition coefficient (Wildman–Crippen LogP) is 5.47. The first kappa shape index (κ1) is 33.0. The Morgan fingerprint density at radius 2 is 0.714 bits per heavy atom. The number of aliphatic hydroxyl groups excluding tert-OH is 2. The summed E-state index contributed by atoms with van der Waals surface area (Å²) in [6.07, 6.45) is 11.1. The molecule has 0 aromatic carbocycles. The molecule has 0 unspecified atom stereocenters. The van der Waals surface area contributed by atoms with Gasteiger partial charge in [0.05, 0.1) is 0 Å². The molecule has 0 aliphatic carbocycles. The van der Waals surface area contributed by atoms with E-state index in [0.29, 0.717) is 24.6 Å². The van der Waals surface area contributed by atoms with Crippen LogP contribution in [0.4, 0.5) is 0 Å². The van der Waals surface area contributed by atoms with Crippen molar-refractivity contribution in [3.8, 4) is 0 Å². The summed E-state index contributed by atoms with van der Waals surface area (Å²) in [5.74, 6) is 0. The second-order valence-corrected chi connectivity index (χ2v) is 12.3. The van der Waals surface area contributed by atoms with Gasteiger partial charge >= 0.3 is 0 Å². The Morgan fingerprint density at radius 1 is 0.500 bits per heavy atom. The van der Waals surface area contributed by atoms with E-state index in [-0.39, 0.29) is 13.2 Å². The zero-order valence-electron chi connectivity index (χ0n) is 18.8. The van der Waals surface area contributed by atoms with E-state index >= 15 is 0 Å². The average Bonchev–Trinajstić information content (AvgIpc) is 2.67. The topological polar surface area (TPSA) is 115 Å². The second kappa shape index (κ2) is 23.6. The minimum absolute atomic E-state index is 0.195. The first-order valence-electron chi connectivity index (χ1n) is 11.0. The Balaban J connectivity index is -0.000000351. The van der Waals surface area contributed by atoms with Crippen LogP contribution in [0.2, 0.25) is 0 Å². The summed E-state index contributed by atoms with van der Waals surface area (Å²) in [7, 11) is -5.45. The molecule has 0 radical (unpaired) electrons. The summed E-state index contributed by atoms with van der Waals surface area (Å²) in [4.78, 5) is 18.7. The van der Waals surface area contributed by atoms with Gasteiger partial charge in [-0.05, 0) is 38.5 Å². The van der Waals surface area contributed by atoms with Crippen molar-refractivity contribution < 1.29 is 29.1 Å². The quantitative estimate of drug-likeness (QED) is 0.196. The van der Waals surface area contributed by atoms with Crippen LogP contribution in [0.1, 0.15) is 91.9 Å². The normalized spacial score (nSPS) is 11.3. The lowest BCUT2D eigenvalue weighted by Crippen LogP contribution is -1.93. The van der Waals surface area contributed by atoms with Crippen molar-refractivity contribution in [3.63, 3.8) is 0 Å². The summed E-state index contributed by atoms with van der Waals surface area (Å²) >= 11 is 0. The first-order valence-corrected chi connectivity index (χ1v) is 15.1. The van der Waals surface area contributed by atoms with E-state index in [0.717, 1.165) is 64.2 Å². The van der Waals surface area contributed by atoms with Gasteiger partial charge in [0.1, 0.15) is 0 Å². The molecule has 0 spiro atoms. The lowest BCUT2D eigenvalue weighted by molar-refractivity contribution is 0.242. The molecule has 0 atom stereocenters. The summed E-state index contributed by atoms with van der Waals surface area (Å²) in [5, 5.41) is 16.2. The highest BCUT2D eigenvalue weighted by Crippen LogP contribution is 2.42. The third kappa shape index (κ3) is 31.0. The van der Waals surface area contributed by atoms with Crippen LogP contribution in [0, 0.1) is 0 Å². The van der Waals surface area contributed by atoms with Crippen LogP contribution in [0.25, 0.3) is 0 Å². The van der Waals surface area contributed by atoms with Gasteiger partial charge in [-0.25, -0.2) is 0 Å². The lowest BCUT2D eigenvalue weighted by Gasteiger charge is -2.09. The molecule has 0 saturated heterocycles. The van der Waals surface area contributed by atoms with Gasteiger partial charge in [-0.3, -0.25) is 9.13 Å². The molecular formula is C20H48O6P2. The lowest BCUT2D eigenvalue weighted by atomic mass is 10.3. The van der Waals surface area contributed by atoms with Gasteiger partial charge in [0, 0.05) is 37.9 Å². The Hall–Kier alpha value is 0.300. The molecule has 28 heavy (non-hydrogen) atoms. The smallest absolute Gasteiger partial charge is 0.200 e. The predicted molar refractivity (Wildman–Crippen MR) is 122 cm³/mol. The van der Waals surface area contributed by atoms with Gasteiger partial charge in [-0.1, -0.05) is 53.4 Å². The average molecular weight is 447 g/mol. The van der Waals surface area contributed by atoms with Crippen molar-refractivity contribution in [3.05, 3.63) is 0 Å².